The fourth-order valence-electron chi connectivity index (χ4n) is 22.7. The first-order valence-electron chi connectivity index (χ1n) is 49.5. The van der Waals surface area contributed by atoms with Gasteiger partial charge < -0.3 is 23.3 Å². The summed E-state index contributed by atoms with van der Waals surface area (Å²) in [5, 5.41) is 10.0. The first-order chi connectivity index (χ1) is 66.2. The minimum atomic E-state index is -0.368. The standard InChI is InChI=1S/C132H116BN5/c1-127(2,3)91-50-60-113-104(72-91)105-73-92(128(4,5)6)51-61-114(105)134(113)97-55-57-111-119(79-97)137(124-99(83-41-29-21-30-42-83)66-88(81-37-25-19-26-38-81)67-100(124)84-43-31-22-32-44-84)121-70-90(87-49-59-117-103(65-87)109-77-96(132(16,17)18)78-110-108-76-95(131(13,14)15)54-64-118(108)136(117)126(109)110)71-122-123(121)133(111)112-58-56-98(135-115-62-52-93(129(7,8)9)74-106(115)107-75-94(130(10,11)12)53-63-116(107)135)80-120(112)138(122)125-101(85-45-33-23-34-46-85)68-89(82-39-27-20-28-40-82)69-102(125)86-47-35-24-36-48-86/h19-80H,1-18H3. The first kappa shape index (κ1) is 85.9. The predicted molar refractivity (Wildman–Crippen MR) is 594 cm³/mol. The maximum absolute atomic E-state index is 2.77. The van der Waals surface area contributed by atoms with Gasteiger partial charge in [-0.15, -0.1) is 0 Å². The number of hydrogen-bond donors (Lipinski definition) is 0. The second kappa shape index (κ2) is 31.3. The molecule has 5 nitrogen and oxygen atoms in total. The van der Waals surface area contributed by atoms with E-state index in [4.69, 9.17) is 0 Å². The monoisotopic (exact) mass is 1780 g/mol. The zero-order valence-corrected chi connectivity index (χ0v) is 82.6. The van der Waals surface area contributed by atoms with Crippen LogP contribution in [0.15, 0.2) is 376 Å². The van der Waals surface area contributed by atoms with Crippen molar-refractivity contribution in [2.45, 2.75) is 157 Å². The largest absolute Gasteiger partial charge is 0.310 e. The third-order valence-corrected chi connectivity index (χ3v) is 30.2. The SMILES string of the molecule is CC(C)(C)c1ccc2c(c1)c1cc(C(C)(C)C)ccc1n2-c1ccc2c(c1)N(c1c(-c3ccccc3)cc(-c3ccccc3)cc1-c1ccccc1)c1cc(-c3ccc4c(c3)c3cc(C(C)(C)C)cc5c6cc(C(C)(C)C)ccc6n4c35)cc3c1B2c1ccc(-n2c4ccc(C(C)(C)C)cc4c4cc(C(C)(C)C)ccc42)cc1N3c1c(-c2ccccc2)cc(-c2ccccc2)cc1-c1ccccc1. The highest BCUT2D eigenvalue weighted by Gasteiger charge is 2.47. The lowest BCUT2D eigenvalue weighted by Crippen LogP contribution is -2.61. The topological polar surface area (TPSA) is 20.8 Å². The van der Waals surface area contributed by atoms with Crippen molar-refractivity contribution in [3.05, 3.63) is 409 Å². The van der Waals surface area contributed by atoms with Crippen molar-refractivity contribution in [2.75, 3.05) is 9.80 Å². The Balaban J connectivity index is 0.898. The van der Waals surface area contributed by atoms with Crippen LogP contribution in [0.3, 0.4) is 0 Å². The van der Waals surface area contributed by atoms with Crippen molar-refractivity contribution in [3.8, 4) is 89.3 Å². The van der Waals surface area contributed by atoms with E-state index in [0.29, 0.717) is 0 Å². The minimum Gasteiger partial charge on any atom is -0.310 e. The van der Waals surface area contributed by atoms with Gasteiger partial charge in [-0.05, 0) is 283 Å². The van der Waals surface area contributed by atoms with E-state index in [1.54, 1.807) is 0 Å². The summed E-state index contributed by atoms with van der Waals surface area (Å²) in [6.45, 7) is 42.0. The summed E-state index contributed by atoms with van der Waals surface area (Å²) in [6, 6.07) is 147. The molecule has 2 aliphatic rings. The van der Waals surface area contributed by atoms with E-state index in [-0.39, 0.29) is 39.2 Å². The van der Waals surface area contributed by atoms with Crippen LogP contribution < -0.4 is 26.2 Å². The minimum absolute atomic E-state index is 0.0481. The molecular formula is C132H116BN5. The molecule has 2 aliphatic heterocycles. The van der Waals surface area contributed by atoms with Crippen molar-refractivity contribution < 1.29 is 0 Å². The van der Waals surface area contributed by atoms with E-state index in [0.717, 1.165) is 145 Å². The van der Waals surface area contributed by atoms with Crippen molar-refractivity contribution in [1.82, 2.24) is 13.5 Å². The summed E-state index contributed by atoms with van der Waals surface area (Å²) < 4.78 is 7.77. The van der Waals surface area contributed by atoms with Gasteiger partial charge in [0.2, 0.25) is 0 Å². The van der Waals surface area contributed by atoms with E-state index in [1.807, 2.05) is 0 Å². The molecule has 24 rings (SSSR count). The van der Waals surface area contributed by atoms with Crippen LogP contribution in [0.4, 0.5) is 34.1 Å². The average Bonchev–Trinajstić information content (AvgIpc) is 1.45. The lowest BCUT2D eigenvalue weighted by Gasteiger charge is -2.46. The van der Waals surface area contributed by atoms with Crippen LogP contribution in [0, 0.1) is 0 Å². The van der Waals surface area contributed by atoms with Gasteiger partial charge >= 0.3 is 0 Å². The van der Waals surface area contributed by atoms with Gasteiger partial charge in [0, 0.05) is 99.5 Å². The van der Waals surface area contributed by atoms with Gasteiger partial charge in [-0.1, -0.05) is 355 Å². The molecule has 18 aromatic carbocycles. The zero-order chi connectivity index (χ0) is 94.9. The van der Waals surface area contributed by atoms with Crippen LogP contribution in [0.25, 0.3) is 171 Å². The molecule has 0 N–H and O–H groups in total. The maximum atomic E-state index is 2.77. The first-order valence-corrected chi connectivity index (χ1v) is 49.5. The second-order valence-electron chi connectivity index (χ2n) is 45.4. The smallest absolute Gasteiger partial charge is 0.252 e. The van der Waals surface area contributed by atoms with E-state index in [2.05, 4.69) is 524 Å². The highest BCUT2D eigenvalue weighted by atomic mass is 15.2. The molecule has 0 fully saturated rings. The normalized spacial score (nSPS) is 13.2. The van der Waals surface area contributed by atoms with Gasteiger partial charge in [-0.3, -0.25) is 0 Å². The van der Waals surface area contributed by atoms with Crippen LogP contribution in [-0.2, 0) is 32.5 Å². The molecule has 0 unspecified atom stereocenters. The third-order valence-electron chi connectivity index (χ3n) is 30.2. The van der Waals surface area contributed by atoms with E-state index >= 15 is 0 Å². The Morgan fingerprint density at radius 3 is 0.754 bits per heavy atom. The van der Waals surface area contributed by atoms with Crippen molar-refractivity contribution >= 4 is 139 Å². The van der Waals surface area contributed by atoms with E-state index < -0.39 is 0 Å². The van der Waals surface area contributed by atoms with Crippen molar-refractivity contribution in [3.63, 3.8) is 0 Å². The lowest BCUT2D eigenvalue weighted by atomic mass is 9.33. The summed E-state index contributed by atoms with van der Waals surface area (Å²) in [5.74, 6) is 0. The summed E-state index contributed by atoms with van der Waals surface area (Å²) in [5.41, 5.74) is 43.5. The number of nitrogens with zero attached hydrogens (tertiary/aromatic N) is 5. The van der Waals surface area contributed by atoms with Crippen LogP contribution in [-0.4, -0.2) is 20.2 Å². The molecule has 6 heterocycles. The van der Waals surface area contributed by atoms with Crippen LogP contribution in [0.5, 0.6) is 0 Å². The molecule has 0 amide bonds. The molecule has 672 valence electrons. The summed E-state index contributed by atoms with van der Waals surface area (Å²) in [6.07, 6.45) is 0. The van der Waals surface area contributed by atoms with Crippen molar-refractivity contribution in [1.29, 1.82) is 0 Å². The summed E-state index contributed by atoms with van der Waals surface area (Å²) in [7, 11) is 0. The number of rotatable bonds is 11. The molecule has 22 aromatic rings. The molecule has 0 bridgehead atoms. The third kappa shape index (κ3) is 14.0. The van der Waals surface area contributed by atoms with E-state index in [9.17, 15) is 0 Å². The Labute approximate surface area is 812 Å². The Morgan fingerprint density at radius 2 is 0.449 bits per heavy atom. The van der Waals surface area contributed by atoms with E-state index in [1.165, 1.54) is 109 Å². The van der Waals surface area contributed by atoms with Crippen molar-refractivity contribution in [2.24, 2.45) is 0 Å². The molecule has 0 saturated heterocycles. The van der Waals surface area contributed by atoms with Gasteiger partial charge in [0.1, 0.15) is 0 Å². The Morgan fingerprint density at radius 1 is 0.188 bits per heavy atom. The molecule has 4 aromatic heterocycles. The highest BCUT2D eigenvalue weighted by molar-refractivity contribution is 7.00. The number of hydrogen-bond acceptors (Lipinski definition) is 2. The van der Waals surface area contributed by atoms with Crippen LogP contribution in [0.1, 0.15) is 158 Å². The Bertz CT molecular complexity index is 8050. The molecule has 0 radical (unpaired) electrons. The molecule has 138 heavy (non-hydrogen) atoms. The number of benzene rings is 18. The van der Waals surface area contributed by atoms with Gasteiger partial charge in [-0.2, -0.15) is 0 Å². The van der Waals surface area contributed by atoms with Gasteiger partial charge in [0.25, 0.3) is 6.71 Å². The van der Waals surface area contributed by atoms with Crippen LogP contribution >= 0.6 is 0 Å². The number of aromatic nitrogens is 3. The molecule has 0 atom stereocenters. The summed E-state index contributed by atoms with van der Waals surface area (Å²) in [4.78, 5) is 5.55. The second-order valence-corrected chi connectivity index (χ2v) is 45.4. The number of anilines is 6. The Kier molecular flexibility index (Phi) is 19.5. The van der Waals surface area contributed by atoms with Crippen LogP contribution in [0.2, 0.25) is 0 Å². The predicted octanol–water partition coefficient (Wildman–Crippen LogP) is 34.6. The lowest BCUT2D eigenvalue weighted by molar-refractivity contribution is 0.590. The zero-order valence-electron chi connectivity index (χ0n) is 82.6. The van der Waals surface area contributed by atoms with Gasteiger partial charge in [0.15, 0.2) is 0 Å². The average molecular weight is 1780 g/mol. The number of fused-ring (bicyclic) bond motifs is 16. The molecule has 0 aliphatic carbocycles. The van der Waals surface area contributed by atoms with Gasteiger partial charge in [-0.25, -0.2) is 0 Å². The summed E-state index contributed by atoms with van der Waals surface area (Å²) >= 11 is 0. The molecular weight excluding hydrogens is 1670 g/mol. The quantitative estimate of drug-likeness (QED) is 0.120. The molecule has 0 saturated carbocycles. The highest BCUT2D eigenvalue weighted by Crippen LogP contribution is 2.58. The molecule has 0 spiro atoms. The van der Waals surface area contributed by atoms with Gasteiger partial charge in [0.05, 0.1) is 50.0 Å². The maximum Gasteiger partial charge on any atom is 0.252 e. The fourth-order valence-corrected chi connectivity index (χ4v) is 22.7. The Hall–Kier alpha value is -15.0. The molecule has 6 heteroatoms. The fraction of sp³-hybridized carbons (Fsp3) is 0.182.